The number of methoxy groups -OCH3 is 1. The summed E-state index contributed by atoms with van der Waals surface area (Å²) < 4.78 is 5.15. The molecule has 3 nitrogen and oxygen atoms in total. The summed E-state index contributed by atoms with van der Waals surface area (Å²) in [6.07, 6.45) is 2.13. The van der Waals surface area contributed by atoms with Gasteiger partial charge in [-0.05, 0) is 37.5 Å². The topological polar surface area (TPSA) is 47.3 Å². The smallest absolute Gasteiger partial charge is 0.121 e. The number of rotatable bonds is 6. The minimum atomic E-state index is 0.367. The third-order valence-corrected chi connectivity index (χ3v) is 3.37. The lowest BCUT2D eigenvalue weighted by Crippen LogP contribution is -2.17. The molecule has 0 bridgehead atoms. The predicted molar refractivity (Wildman–Crippen MR) is 85.3 cm³/mol. The van der Waals surface area contributed by atoms with E-state index in [2.05, 4.69) is 36.5 Å². The van der Waals surface area contributed by atoms with E-state index in [9.17, 15) is 0 Å². The largest absolute Gasteiger partial charge is 0.497 e. The van der Waals surface area contributed by atoms with Crippen molar-refractivity contribution < 1.29 is 4.74 Å². The number of benzene rings is 2. The summed E-state index contributed by atoms with van der Waals surface area (Å²) in [5, 5.41) is 3.45. The summed E-state index contributed by atoms with van der Waals surface area (Å²) in [6.45, 7) is 2.17. The maximum absolute atomic E-state index is 6.01. The average Bonchev–Trinajstić information content (AvgIpc) is 2.48. The van der Waals surface area contributed by atoms with Gasteiger partial charge in [0, 0.05) is 12.1 Å². The van der Waals surface area contributed by atoms with Gasteiger partial charge in [0.05, 0.1) is 18.5 Å². The van der Waals surface area contributed by atoms with Crippen molar-refractivity contribution in [2.75, 3.05) is 18.2 Å². The van der Waals surface area contributed by atoms with Gasteiger partial charge in [-0.3, -0.25) is 0 Å². The van der Waals surface area contributed by atoms with Gasteiger partial charge in [-0.25, -0.2) is 0 Å². The zero-order chi connectivity index (χ0) is 14.4. The van der Waals surface area contributed by atoms with Crippen LogP contribution >= 0.6 is 0 Å². The normalized spacial score (nSPS) is 11.9. The molecule has 20 heavy (non-hydrogen) atoms. The molecule has 0 aliphatic heterocycles. The van der Waals surface area contributed by atoms with Crippen LogP contribution in [0.25, 0.3) is 0 Å². The Morgan fingerprint density at radius 2 is 1.90 bits per heavy atom. The van der Waals surface area contributed by atoms with Crippen LogP contribution in [0.5, 0.6) is 5.75 Å². The first-order chi connectivity index (χ1) is 9.69. The van der Waals surface area contributed by atoms with E-state index in [1.807, 2.05) is 24.3 Å². The zero-order valence-electron chi connectivity index (χ0n) is 12.1. The first kappa shape index (κ1) is 14.3. The third kappa shape index (κ3) is 3.92. The molecule has 106 valence electrons. The highest BCUT2D eigenvalue weighted by Crippen LogP contribution is 2.25. The van der Waals surface area contributed by atoms with Crippen LogP contribution in [0.1, 0.15) is 18.9 Å². The lowest BCUT2D eigenvalue weighted by Gasteiger charge is -2.17. The quantitative estimate of drug-likeness (QED) is 0.787. The third-order valence-electron chi connectivity index (χ3n) is 3.37. The predicted octanol–water partition coefficient (Wildman–Crippen LogP) is 3.71. The number of hydrogen-bond acceptors (Lipinski definition) is 3. The molecule has 2 rings (SSSR count). The van der Waals surface area contributed by atoms with Crippen molar-refractivity contribution in [2.24, 2.45) is 0 Å². The Kier molecular flexibility index (Phi) is 4.88. The second-order valence-corrected chi connectivity index (χ2v) is 5.02. The summed E-state index contributed by atoms with van der Waals surface area (Å²) in [4.78, 5) is 0. The van der Waals surface area contributed by atoms with Gasteiger partial charge in [-0.2, -0.15) is 0 Å². The number of nitrogen functional groups attached to an aromatic ring is 1. The van der Waals surface area contributed by atoms with E-state index in [0.717, 1.165) is 30.0 Å². The molecule has 0 aliphatic carbocycles. The minimum Gasteiger partial charge on any atom is -0.497 e. The van der Waals surface area contributed by atoms with Crippen molar-refractivity contribution in [2.45, 2.75) is 25.8 Å². The van der Waals surface area contributed by atoms with E-state index in [1.165, 1.54) is 5.56 Å². The minimum absolute atomic E-state index is 0.367. The van der Waals surface area contributed by atoms with Crippen LogP contribution < -0.4 is 15.8 Å². The van der Waals surface area contributed by atoms with Crippen LogP contribution in [0.15, 0.2) is 48.5 Å². The van der Waals surface area contributed by atoms with Crippen molar-refractivity contribution in [3.8, 4) is 5.75 Å². The van der Waals surface area contributed by atoms with Crippen molar-refractivity contribution in [3.63, 3.8) is 0 Å². The van der Waals surface area contributed by atoms with Crippen LogP contribution in [0.4, 0.5) is 11.4 Å². The highest BCUT2D eigenvalue weighted by molar-refractivity contribution is 5.68. The van der Waals surface area contributed by atoms with E-state index in [1.54, 1.807) is 7.11 Å². The zero-order valence-corrected chi connectivity index (χ0v) is 12.1. The average molecular weight is 270 g/mol. The maximum Gasteiger partial charge on any atom is 0.121 e. The Hall–Kier alpha value is -2.16. The highest BCUT2D eigenvalue weighted by Gasteiger charge is 2.06. The van der Waals surface area contributed by atoms with E-state index >= 15 is 0 Å². The van der Waals surface area contributed by atoms with Gasteiger partial charge < -0.3 is 15.8 Å². The monoisotopic (exact) mass is 270 g/mol. The van der Waals surface area contributed by atoms with Crippen LogP contribution in [-0.2, 0) is 6.42 Å². The summed E-state index contributed by atoms with van der Waals surface area (Å²) in [6, 6.07) is 16.6. The first-order valence-electron chi connectivity index (χ1n) is 6.93. The molecule has 0 spiro atoms. The summed E-state index contributed by atoms with van der Waals surface area (Å²) in [5.74, 6) is 0.782. The molecule has 3 heteroatoms. The molecule has 2 aromatic rings. The van der Waals surface area contributed by atoms with Gasteiger partial charge in [-0.1, -0.05) is 30.3 Å². The molecule has 0 amide bonds. The molecule has 1 unspecified atom stereocenters. The highest BCUT2D eigenvalue weighted by atomic mass is 16.5. The van der Waals surface area contributed by atoms with Crippen LogP contribution in [-0.4, -0.2) is 13.2 Å². The Morgan fingerprint density at radius 1 is 1.15 bits per heavy atom. The molecule has 0 radical (unpaired) electrons. The van der Waals surface area contributed by atoms with Crippen LogP contribution in [0.2, 0.25) is 0 Å². The van der Waals surface area contributed by atoms with Crippen LogP contribution in [0.3, 0.4) is 0 Å². The fraction of sp³-hybridized carbons (Fsp3) is 0.294. The number of nitrogens with two attached hydrogens (primary N) is 1. The molecule has 3 N–H and O–H groups in total. The molecule has 0 saturated heterocycles. The SMILES string of the molecule is COc1ccc(NC(C)CCc2ccccc2)c(N)c1. The van der Waals surface area contributed by atoms with Gasteiger partial charge >= 0.3 is 0 Å². The molecule has 0 saturated carbocycles. The summed E-state index contributed by atoms with van der Waals surface area (Å²) in [7, 11) is 1.64. The van der Waals surface area contributed by atoms with E-state index in [4.69, 9.17) is 10.5 Å². The Bertz CT molecular complexity index is 540. The molecule has 0 aliphatic rings. The molecule has 0 aromatic heterocycles. The molecule has 2 aromatic carbocycles. The lowest BCUT2D eigenvalue weighted by atomic mass is 10.1. The molecular formula is C17H22N2O. The van der Waals surface area contributed by atoms with Gasteiger partial charge in [0.2, 0.25) is 0 Å². The molecule has 0 heterocycles. The van der Waals surface area contributed by atoms with Gasteiger partial charge in [0.25, 0.3) is 0 Å². The Balaban J connectivity index is 1.89. The Morgan fingerprint density at radius 3 is 2.55 bits per heavy atom. The van der Waals surface area contributed by atoms with Crippen molar-refractivity contribution in [1.82, 2.24) is 0 Å². The Labute approximate surface area is 120 Å². The second kappa shape index (κ2) is 6.85. The second-order valence-electron chi connectivity index (χ2n) is 5.02. The fourth-order valence-electron chi connectivity index (χ4n) is 2.16. The van der Waals surface area contributed by atoms with Crippen molar-refractivity contribution in [1.29, 1.82) is 0 Å². The number of anilines is 2. The first-order valence-corrected chi connectivity index (χ1v) is 6.93. The number of nitrogens with one attached hydrogen (secondary N) is 1. The van der Waals surface area contributed by atoms with E-state index in [-0.39, 0.29) is 0 Å². The number of aryl methyl sites for hydroxylation is 1. The van der Waals surface area contributed by atoms with Crippen LogP contribution in [0, 0.1) is 0 Å². The summed E-state index contributed by atoms with van der Waals surface area (Å²) in [5.41, 5.74) is 9.06. The van der Waals surface area contributed by atoms with Gasteiger partial charge in [0.15, 0.2) is 0 Å². The van der Waals surface area contributed by atoms with Crippen molar-refractivity contribution in [3.05, 3.63) is 54.1 Å². The maximum atomic E-state index is 6.01. The van der Waals surface area contributed by atoms with E-state index < -0.39 is 0 Å². The summed E-state index contributed by atoms with van der Waals surface area (Å²) >= 11 is 0. The van der Waals surface area contributed by atoms with Gasteiger partial charge in [-0.15, -0.1) is 0 Å². The lowest BCUT2D eigenvalue weighted by molar-refractivity contribution is 0.415. The molecule has 1 atom stereocenters. The molecule has 0 fully saturated rings. The molecular weight excluding hydrogens is 248 g/mol. The van der Waals surface area contributed by atoms with Crippen molar-refractivity contribution >= 4 is 11.4 Å². The number of hydrogen-bond donors (Lipinski definition) is 2. The van der Waals surface area contributed by atoms with E-state index in [0.29, 0.717) is 6.04 Å². The fourth-order valence-corrected chi connectivity index (χ4v) is 2.16. The van der Waals surface area contributed by atoms with Gasteiger partial charge in [0.1, 0.15) is 5.75 Å². The standard InChI is InChI=1S/C17H22N2O/c1-13(8-9-14-6-4-3-5-7-14)19-17-11-10-15(20-2)12-16(17)18/h3-7,10-13,19H,8-9,18H2,1-2H3. The number of ether oxygens (including phenoxy) is 1.